The zero-order chi connectivity index (χ0) is 12.1. The number of pyridine rings is 1. The number of morpholine rings is 1. The Balaban J connectivity index is 1.84. The van der Waals surface area contributed by atoms with Crippen LogP contribution in [0.1, 0.15) is 12.5 Å². The highest BCUT2D eigenvalue weighted by molar-refractivity contribution is 5.82. The lowest BCUT2D eigenvalue weighted by Gasteiger charge is -2.29. The molecule has 92 valence electrons. The highest BCUT2D eigenvalue weighted by Gasteiger charge is 2.27. The lowest BCUT2D eigenvalue weighted by atomic mass is 10.1. The first-order valence-electron chi connectivity index (χ1n) is 5.79. The predicted octanol–water partition coefficient (Wildman–Crippen LogP) is 0.0747. The largest absolute Gasteiger partial charge is 0.375 e. The zero-order valence-electron chi connectivity index (χ0n) is 9.85. The summed E-state index contributed by atoms with van der Waals surface area (Å²) in [5, 5.41) is 6.05. The van der Waals surface area contributed by atoms with Crippen LogP contribution in [-0.2, 0) is 16.1 Å². The van der Waals surface area contributed by atoms with Gasteiger partial charge in [-0.2, -0.15) is 0 Å². The lowest BCUT2D eigenvalue weighted by Crippen LogP contribution is -2.55. The van der Waals surface area contributed by atoms with Crippen molar-refractivity contribution in [3.63, 3.8) is 0 Å². The second-order valence-corrected chi connectivity index (χ2v) is 4.08. The number of nitrogens with zero attached hydrogens (tertiary/aromatic N) is 1. The van der Waals surface area contributed by atoms with Crippen LogP contribution in [0.5, 0.6) is 0 Å². The Bertz CT molecular complexity index is 369. The van der Waals surface area contributed by atoms with Crippen LogP contribution >= 0.6 is 0 Å². The minimum absolute atomic E-state index is 0.0194. The third kappa shape index (κ3) is 3.25. The molecular weight excluding hydrogens is 218 g/mol. The summed E-state index contributed by atoms with van der Waals surface area (Å²) in [4.78, 5) is 15.8. The van der Waals surface area contributed by atoms with Gasteiger partial charge in [0.25, 0.3) is 0 Å². The van der Waals surface area contributed by atoms with Gasteiger partial charge in [-0.05, 0) is 24.6 Å². The van der Waals surface area contributed by atoms with Gasteiger partial charge in [0.1, 0.15) is 6.04 Å². The van der Waals surface area contributed by atoms with Crippen molar-refractivity contribution in [2.45, 2.75) is 25.6 Å². The number of carbonyl (C=O) groups is 1. The van der Waals surface area contributed by atoms with Crippen molar-refractivity contribution in [3.8, 4) is 0 Å². The Kier molecular flexibility index (Phi) is 4.06. The maximum absolute atomic E-state index is 11.9. The fraction of sp³-hybridized carbons (Fsp3) is 0.500. The summed E-state index contributed by atoms with van der Waals surface area (Å²) in [6.07, 6.45) is 3.35. The van der Waals surface area contributed by atoms with Gasteiger partial charge < -0.3 is 15.4 Å². The number of nitrogens with one attached hydrogen (secondary N) is 2. The molecule has 1 amide bonds. The Morgan fingerprint density at radius 1 is 1.59 bits per heavy atom. The van der Waals surface area contributed by atoms with Gasteiger partial charge in [-0.3, -0.25) is 9.78 Å². The van der Waals surface area contributed by atoms with Crippen LogP contribution in [0.3, 0.4) is 0 Å². The van der Waals surface area contributed by atoms with E-state index in [1.54, 1.807) is 12.4 Å². The summed E-state index contributed by atoms with van der Waals surface area (Å²) < 4.78 is 5.43. The van der Waals surface area contributed by atoms with E-state index in [1.807, 2.05) is 19.1 Å². The van der Waals surface area contributed by atoms with Crippen molar-refractivity contribution in [2.24, 2.45) is 0 Å². The number of hydrogen-bond donors (Lipinski definition) is 2. The molecule has 0 bridgehead atoms. The van der Waals surface area contributed by atoms with E-state index >= 15 is 0 Å². The van der Waals surface area contributed by atoms with E-state index in [1.165, 1.54) is 0 Å². The first-order valence-corrected chi connectivity index (χ1v) is 5.79. The summed E-state index contributed by atoms with van der Waals surface area (Å²) in [5.74, 6) is -0.0194. The molecule has 2 atom stereocenters. The van der Waals surface area contributed by atoms with Crippen molar-refractivity contribution in [3.05, 3.63) is 30.1 Å². The van der Waals surface area contributed by atoms with Crippen LogP contribution < -0.4 is 10.6 Å². The minimum atomic E-state index is -0.259. The maximum Gasteiger partial charge on any atom is 0.240 e. The normalized spacial score (nSPS) is 24.3. The average Bonchev–Trinajstić information content (AvgIpc) is 2.38. The van der Waals surface area contributed by atoms with Gasteiger partial charge in [0, 0.05) is 25.5 Å². The molecule has 1 aliphatic rings. The number of carbonyl (C=O) groups excluding carboxylic acids is 1. The molecule has 0 aromatic carbocycles. The molecule has 5 nitrogen and oxygen atoms in total. The van der Waals surface area contributed by atoms with Crippen molar-refractivity contribution in [2.75, 3.05) is 13.2 Å². The average molecular weight is 235 g/mol. The molecule has 1 aromatic rings. The van der Waals surface area contributed by atoms with E-state index in [0.717, 1.165) is 12.1 Å². The zero-order valence-corrected chi connectivity index (χ0v) is 9.85. The second kappa shape index (κ2) is 5.75. The number of rotatable bonds is 3. The molecule has 0 spiro atoms. The molecule has 1 aromatic heterocycles. The second-order valence-electron chi connectivity index (χ2n) is 4.08. The van der Waals surface area contributed by atoms with Gasteiger partial charge in [-0.25, -0.2) is 0 Å². The van der Waals surface area contributed by atoms with Crippen molar-refractivity contribution >= 4 is 5.91 Å². The SMILES string of the molecule is C[C@H]1OCCN[C@@H]1C(=O)NCc1ccncc1. The number of amides is 1. The van der Waals surface area contributed by atoms with Crippen LogP contribution in [0.15, 0.2) is 24.5 Å². The van der Waals surface area contributed by atoms with Gasteiger partial charge in [0.15, 0.2) is 0 Å². The molecule has 17 heavy (non-hydrogen) atoms. The summed E-state index contributed by atoms with van der Waals surface area (Å²) in [6, 6.07) is 3.51. The Morgan fingerprint density at radius 3 is 3.06 bits per heavy atom. The van der Waals surface area contributed by atoms with Gasteiger partial charge in [0.2, 0.25) is 5.91 Å². The molecule has 0 unspecified atom stereocenters. The van der Waals surface area contributed by atoms with Gasteiger partial charge in [-0.1, -0.05) is 0 Å². The fourth-order valence-corrected chi connectivity index (χ4v) is 1.83. The first kappa shape index (κ1) is 12.0. The summed E-state index contributed by atoms with van der Waals surface area (Å²) in [6.45, 7) is 3.81. The summed E-state index contributed by atoms with van der Waals surface area (Å²) >= 11 is 0. The van der Waals surface area contributed by atoms with Crippen molar-refractivity contribution < 1.29 is 9.53 Å². The minimum Gasteiger partial charge on any atom is -0.375 e. The molecule has 2 N–H and O–H groups in total. The Labute approximate surface area is 101 Å². The molecule has 1 aliphatic heterocycles. The molecule has 0 saturated carbocycles. The van der Waals surface area contributed by atoms with E-state index in [4.69, 9.17) is 4.74 Å². The first-order chi connectivity index (χ1) is 8.27. The van der Waals surface area contributed by atoms with E-state index < -0.39 is 0 Å². The predicted molar refractivity (Wildman–Crippen MR) is 63.3 cm³/mol. The van der Waals surface area contributed by atoms with Crippen molar-refractivity contribution in [1.29, 1.82) is 0 Å². The van der Waals surface area contributed by atoms with Crippen molar-refractivity contribution in [1.82, 2.24) is 15.6 Å². The summed E-state index contributed by atoms with van der Waals surface area (Å²) in [7, 11) is 0. The van der Waals surface area contributed by atoms with E-state index in [0.29, 0.717) is 13.2 Å². The summed E-state index contributed by atoms with van der Waals surface area (Å²) in [5.41, 5.74) is 1.04. The van der Waals surface area contributed by atoms with E-state index in [-0.39, 0.29) is 18.1 Å². The maximum atomic E-state index is 11.9. The third-order valence-electron chi connectivity index (χ3n) is 2.82. The number of aromatic nitrogens is 1. The van der Waals surface area contributed by atoms with E-state index in [2.05, 4.69) is 15.6 Å². The standard InChI is InChI=1S/C12H17N3O2/c1-9-11(14-6-7-17-9)12(16)15-8-10-2-4-13-5-3-10/h2-5,9,11,14H,6-8H2,1H3,(H,15,16)/t9-,11+/m1/s1. The molecule has 2 rings (SSSR count). The molecule has 1 saturated heterocycles. The Hall–Kier alpha value is -1.46. The molecular formula is C12H17N3O2. The highest BCUT2D eigenvalue weighted by atomic mass is 16.5. The van der Waals surface area contributed by atoms with Crippen LogP contribution in [0.4, 0.5) is 0 Å². The quantitative estimate of drug-likeness (QED) is 0.778. The molecule has 0 aliphatic carbocycles. The van der Waals surface area contributed by atoms with Crippen LogP contribution in [-0.4, -0.2) is 36.2 Å². The topological polar surface area (TPSA) is 63.2 Å². The van der Waals surface area contributed by atoms with Crippen LogP contribution in [0.25, 0.3) is 0 Å². The number of hydrogen-bond acceptors (Lipinski definition) is 4. The van der Waals surface area contributed by atoms with Gasteiger partial charge in [0.05, 0.1) is 12.7 Å². The lowest BCUT2D eigenvalue weighted by molar-refractivity contribution is -0.129. The molecule has 0 radical (unpaired) electrons. The number of ether oxygens (including phenoxy) is 1. The molecule has 2 heterocycles. The van der Waals surface area contributed by atoms with Crippen LogP contribution in [0, 0.1) is 0 Å². The Morgan fingerprint density at radius 2 is 2.35 bits per heavy atom. The fourth-order valence-electron chi connectivity index (χ4n) is 1.83. The van der Waals surface area contributed by atoms with Gasteiger partial charge in [-0.15, -0.1) is 0 Å². The smallest absolute Gasteiger partial charge is 0.240 e. The molecule has 5 heteroatoms. The van der Waals surface area contributed by atoms with E-state index in [9.17, 15) is 4.79 Å². The van der Waals surface area contributed by atoms with Gasteiger partial charge >= 0.3 is 0 Å². The molecule has 1 fully saturated rings. The highest BCUT2D eigenvalue weighted by Crippen LogP contribution is 2.04. The third-order valence-corrected chi connectivity index (χ3v) is 2.82. The van der Waals surface area contributed by atoms with Crippen LogP contribution in [0.2, 0.25) is 0 Å². The monoisotopic (exact) mass is 235 g/mol.